The van der Waals surface area contributed by atoms with Crippen LogP contribution in [0.15, 0.2) is 53.9 Å². The van der Waals surface area contributed by atoms with Gasteiger partial charge in [0.15, 0.2) is 11.5 Å². The minimum absolute atomic E-state index is 0.100. The van der Waals surface area contributed by atoms with E-state index in [1.165, 1.54) is 36.4 Å². The number of carbonyl (C=O) groups excluding carboxylic acids is 2. The van der Waals surface area contributed by atoms with Crippen LogP contribution in [-0.4, -0.2) is 28.1 Å². The van der Waals surface area contributed by atoms with E-state index in [-0.39, 0.29) is 22.9 Å². The van der Waals surface area contributed by atoms with Crippen LogP contribution in [0.1, 0.15) is 11.1 Å². The fourth-order valence-electron chi connectivity index (χ4n) is 2.06. The van der Waals surface area contributed by atoms with Gasteiger partial charge in [-0.2, -0.15) is 0 Å². The van der Waals surface area contributed by atoms with Gasteiger partial charge in [0.05, 0.1) is 11.4 Å². The Labute approximate surface area is 143 Å². The first kappa shape index (κ1) is 17.6. The molecule has 0 heterocycles. The molecule has 0 saturated heterocycles. The first-order valence-corrected chi connectivity index (χ1v) is 7.18. The van der Waals surface area contributed by atoms with Crippen molar-refractivity contribution in [3.05, 3.63) is 65.0 Å². The Morgan fingerprint density at radius 1 is 0.720 bits per heavy atom. The van der Waals surface area contributed by atoms with Crippen LogP contribution in [0.4, 0.5) is 0 Å². The van der Waals surface area contributed by atoms with Gasteiger partial charge >= 0.3 is 0 Å². The summed E-state index contributed by atoms with van der Waals surface area (Å²) in [6.45, 7) is 0. The van der Waals surface area contributed by atoms with Gasteiger partial charge in [-0.15, -0.1) is 0 Å². The second-order valence-electron chi connectivity index (χ2n) is 4.98. The van der Waals surface area contributed by atoms with Gasteiger partial charge in [0.25, 0.3) is 0 Å². The fraction of sp³-hybridized carbons (Fsp3) is 0. The summed E-state index contributed by atoms with van der Waals surface area (Å²) in [5.74, 6) is -0.483. The van der Waals surface area contributed by atoms with E-state index in [4.69, 9.17) is 0 Å². The third kappa shape index (κ3) is 4.87. The molecule has 0 aliphatic rings. The van der Waals surface area contributed by atoms with Crippen molar-refractivity contribution in [2.75, 3.05) is 0 Å². The molecule has 2 rings (SSSR count). The third-order valence-electron chi connectivity index (χ3n) is 3.23. The highest BCUT2D eigenvalue weighted by molar-refractivity contribution is 5.73. The summed E-state index contributed by atoms with van der Waals surface area (Å²) in [7, 11) is 0. The van der Waals surface area contributed by atoms with Crippen molar-refractivity contribution in [3.63, 3.8) is 0 Å². The number of hydrogen-bond donors (Lipinski definition) is 5. The van der Waals surface area contributed by atoms with Crippen molar-refractivity contribution in [1.82, 2.24) is 10.6 Å². The molecule has 25 heavy (non-hydrogen) atoms. The fourth-order valence-corrected chi connectivity index (χ4v) is 2.06. The maximum Gasteiger partial charge on any atom is 0.211 e. The van der Waals surface area contributed by atoms with E-state index in [0.29, 0.717) is 29.6 Å². The van der Waals surface area contributed by atoms with Crippen LogP contribution in [0.25, 0.3) is 12.2 Å². The Morgan fingerprint density at radius 2 is 1.24 bits per heavy atom. The van der Waals surface area contributed by atoms with Crippen LogP contribution < -0.4 is 10.6 Å². The summed E-state index contributed by atoms with van der Waals surface area (Å²) in [5.41, 5.74) is 1.72. The molecule has 2 aromatic carbocycles. The molecule has 128 valence electrons. The first-order chi connectivity index (χ1) is 12.0. The van der Waals surface area contributed by atoms with E-state index >= 15 is 0 Å². The monoisotopic (exact) mass is 340 g/mol. The number of carbonyl (C=O) groups is 2. The van der Waals surface area contributed by atoms with Crippen LogP contribution in [-0.2, 0) is 9.59 Å². The molecule has 0 atom stereocenters. The van der Waals surface area contributed by atoms with Crippen molar-refractivity contribution >= 4 is 25.0 Å². The summed E-state index contributed by atoms with van der Waals surface area (Å²) >= 11 is 0. The van der Waals surface area contributed by atoms with Gasteiger partial charge in [-0.1, -0.05) is 18.2 Å². The highest BCUT2D eigenvalue weighted by atomic mass is 16.3. The number of phenolic OH excluding ortho intramolecular Hbond substituents is 3. The number of amides is 2. The number of hydrogen-bond acceptors (Lipinski definition) is 5. The average Bonchev–Trinajstić information content (AvgIpc) is 2.59. The third-order valence-corrected chi connectivity index (χ3v) is 3.23. The zero-order chi connectivity index (χ0) is 18.2. The van der Waals surface area contributed by atoms with Crippen LogP contribution in [0.5, 0.6) is 17.2 Å². The molecule has 2 amide bonds. The van der Waals surface area contributed by atoms with Gasteiger partial charge in [-0.3, -0.25) is 9.59 Å². The van der Waals surface area contributed by atoms with Crippen molar-refractivity contribution < 1.29 is 24.9 Å². The summed E-state index contributed by atoms with van der Waals surface area (Å²) in [6, 6.07) is 10.4. The minimum Gasteiger partial charge on any atom is -0.508 e. The highest BCUT2D eigenvalue weighted by Gasteiger charge is 2.07. The second-order valence-corrected chi connectivity index (χ2v) is 4.98. The molecule has 0 spiro atoms. The topological polar surface area (TPSA) is 119 Å². The molecule has 5 N–H and O–H groups in total. The summed E-state index contributed by atoms with van der Waals surface area (Å²) in [5, 5.41) is 33.2. The summed E-state index contributed by atoms with van der Waals surface area (Å²) < 4.78 is 0. The van der Waals surface area contributed by atoms with Crippen LogP contribution >= 0.6 is 0 Å². The Hall–Kier alpha value is -3.74. The molecule has 0 radical (unpaired) electrons. The van der Waals surface area contributed by atoms with Crippen LogP contribution in [0.2, 0.25) is 0 Å². The standard InChI is InChI=1S/C18H16N2O5/c21-10-19-15(7-12-1-4-14(23)5-2-12)16(20-11-22)8-13-3-6-17(24)18(25)9-13/h1-11,23-25H,(H,19,21)(H,20,22). The van der Waals surface area contributed by atoms with Crippen molar-refractivity contribution in [3.8, 4) is 17.2 Å². The van der Waals surface area contributed by atoms with Gasteiger partial charge in [-0.25, -0.2) is 0 Å². The van der Waals surface area contributed by atoms with Gasteiger partial charge < -0.3 is 26.0 Å². The van der Waals surface area contributed by atoms with Crippen molar-refractivity contribution in [2.45, 2.75) is 0 Å². The van der Waals surface area contributed by atoms with E-state index in [9.17, 15) is 24.9 Å². The molecule has 0 unspecified atom stereocenters. The predicted octanol–water partition coefficient (Wildman–Crippen LogP) is 1.68. The van der Waals surface area contributed by atoms with E-state index in [2.05, 4.69) is 10.6 Å². The molecular weight excluding hydrogens is 324 g/mol. The number of nitrogens with one attached hydrogen (secondary N) is 2. The van der Waals surface area contributed by atoms with Crippen molar-refractivity contribution in [2.24, 2.45) is 0 Å². The minimum atomic E-state index is -0.313. The number of phenols is 3. The lowest BCUT2D eigenvalue weighted by Gasteiger charge is -2.11. The van der Waals surface area contributed by atoms with Gasteiger partial charge in [-0.05, 0) is 47.5 Å². The molecular formula is C18H16N2O5. The zero-order valence-corrected chi connectivity index (χ0v) is 13.0. The molecule has 0 aliphatic carbocycles. The van der Waals surface area contributed by atoms with Gasteiger partial charge in [0.1, 0.15) is 5.75 Å². The molecule has 2 aromatic rings. The molecule has 0 bridgehead atoms. The molecule has 0 aliphatic heterocycles. The highest BCUT2D eigenvalue weighted by Crippen LogP contribution is 2.26. The van der Waals surface area contributed by atoms with Gasteiger partial charge in [0, 0.05) is 0 Å². The Kier molecular flexibility index (Phi) is 5.78. The Bertz CT molecular complexity index is 826. The quantitative estimate of drug-likeness (QED) is 0.298. The van der Waals surface area contributed by atoms with E-state index in [1.54, 1.807) is 18.2 Å². The van der Waals surface area contributed by atoms with E-state index in [1.807, 2.05) is 0 Å². The largest absolute Gasteiger partial charge is 0.508 e. The number of rotatable bonds is 7. The summed E-state index contributed by atoms with van der Waals surface area (Å²) in [4.78, 5) is 21.8. The normalized spacial score (nSPS) is 11.7. The second kappa shape index (κ2) is 8.21. The molecule has 0 fully saturated rings. The van der Waals surface area contributed by atoms with Crippen LogP contribution in [0.3, 0.4) is 0 Å². The summed E-state index contributed by atoms with van der Waals surface area (Å²) in [6.07, 6.45) is 4.01. The lowest BCUT2D eigenvalue weighted by atomic mass is 10.1. The Balaban J connectivity index is 2.46. The van der Waals surface area contributed by atoms with E-state index in [0.717, 1.165) is 0 Å². The number of benzene rings is 2. The lowest BCUT2D eigenvalue weighted by molar-refractivity contribution is -0.110. The molecule has 7 nitrogen and oxygen atoms in total. The Morgan fingerprint density at radius 3 is 1.76 bits per heavy atom. The number of aromatic hydroxyl groups is 3. The molecule has 0 aromatic heterocycles. The van der Waals surface area contributed by atoms with Gasteiger partial charge in [0.2, 0.25) is 12.8 Å². The molecule has 7 heteroatoms. The maximum atomic E-state index is 10.9. The van der Waals surface area contributed by atoms with Crippen LogP contribution in [0, 0.1) is 0 Å². The maximum absolute atomic E-state index is 10.9. The SMILES string of the molecule is O=CNC(=Cc1ccc(O)cc1)C(=Cc1ccc(O)c(O)c1)NC=O. The lowest BCUT2D eigenvalue weighted by Crippen LogP contribution is -2.21. The predicted molar refractivity (Wildman–Crippen MR) is 92.2 cm³/mol. The van der Waals surface area contributed by atoms with Crippen molar-refractivity contribution in [1.29, 1.82) is 0 Å². The van der Waals surface area contributed by atoms with E-state index < -0.39 is 0 Å². The zero-order valence-electron chi connectivity index (χ0n) is 13.0. The molecule has 0 saturated carbocycles. The first-order valence-electron chi connectivity index (χ1n) is 7.18. The smallest absolute Gasteiger partial charge is 0.211 e. The average molecular weight is 340 g/mol.